The van der Waals surface area contributed by atoms with Crippen molar-refractivity contribution in [2.75, 3.05) is 6.54 Å². The summed E-state index contributed by atoms with van der Waals surface area (Å²) >= 11 is 0. The molecule has 6 rings (SSSR count). The molecule has 1 aromatic heterocycles. The van der Waals surface area contributed by atoms with Crippen LogP contribution in [0.3, 0.4) is 0 Å². The van der Waals surface area contributed by atoms with Crippen molar-refractivity contribution >= 4 is 34.6 Å². The Morgan fingerprint density at radius 3 is 2.62 bits per heavy atom. The first kappa shape index (κ1) is 25.2. The summed E-state index contributed by atoms with van der Waals surface area (Å²) < 4.78 is 0. The molecule has 39 heavy (non-hydrogen) atoms. The summed E-state index contributed by atoms with van der Waals surface area (Å²) in [5.41, 5.74) is 4.27. The molecule has 0 spiro atoms. The zero-order chi connectivity index (χ0) is 27.4. The van der Waals surface area contributed by atoms with E-state index >= 15 is 0 Å². The minimum Gasteiger partial charge on any atom is -0.480 e. The molecule has 3 amide bonds. The lowest BCUT2D eigenvalue weighted by atomic mass is 9.89. The highest BCUT2D eigenvalue weighted by Crippen LogP contribution is 2.46. The van der Waals surface area contributed by atoms with Gasteiger partial charge >= 0.3 is 5.97 Å². The number of carboxylic acid groups (broad SMARTS) is 1. The number of para-hydroxylation sites is 1. The Bertz CT molecular complexity index is 1500. The molecule has 3 N–H and O–H groups in total. The number of carboxylic acids is 1. The molecule has 5 atom stereocenters. The fourth-order valence-corrected chi connectivity index (χ4v) is 6.54. The van der Waals surface area contributed by atoms with Crippen LogP contribution in [-0.4, -0.2) is 68.3 Å². The van der Waals surface area contributed by atoms with Gasteiger partial charge in [-0.3, -0.25) is 14.4 Å². The van der Waals surface area contributed by atoms with Gasteiger partial charge < -0.3 is 25.2 Å². The van der Waals surface area contributed by atoms with Gasteiger partial charge in [0.05, 0.1) is 6.04 Å². The van der Waals surface area contributed by atoms with E-state index in [4.69, 9.17) is 0 Å². The Hall–Kier alpha value is -4.14. The van der Waals surface area contributed by atoms with E-state index in [1.807, 2.05) is 56.3 Å². The zero-order valence-electron chi connectivity index (χ0n) is 22.0. The minimum absolute atomic E-state index is 0.211. The second kappa shape index (κ2) is 9.55. The lowest BCUT2D eigenvalue weighted by Gasteiger charge is -2.38. The first-order chi connectivity index (χ1) is 18.8. The molecule has 1 fully saturated rings. The molecule has 9 heteroatoms. The molecule has 1 saturated heterocycles. The predicted molar refractivity (Wildman–Crippen MR) is 144 cm³/mol. The number of benzene rings is 2. The number of fused-ring (bicyclic) bond motifs is 7. The van der Waals surface area contributed by atoms with Gasteiger partial charge in [0.15, 0.2) is 0 Å². The molecule has 0 bridgehead atoms. The average molecular weight is 529 g/mol. The molecular formula is C30H32N4O5. The number of nitrogens with one attached hydrogen (secondary N) is 2. The number of hydrogen-bond donors (Lipinski definition) is 3. The standard InChI is InChI=1S/C30H32N4O5/c1-3-16(2)24(29(37)33-14-8-13-22(33)30(38)39)32-27(35)23-15-20-17-9-6-7-12-21(17)31-25(20)26-18-10-4-5-11-19(18)28(36)34(23)26/h4-7,9-12,16,22-24,26,31H,3,8,13-15H2,1-2H3,(H,32,35)(H,38,39)/t16-,22+,23-,24-,26-/m0/s1. The maximum atomic E-state index is 14.1. The maximum absolute atomic E-state index is 14.1. The summed E-state index contributed by atoms with van der Waals surface area (Å²) in [7, 11) is 0. The van der Waals surface area contributed by atoms with Gasteiger partial charge in [-0.2, -0.15) is 0 Å². The quantitative estimate of drug-likeness (QED) is 0.453. The second-order valence-electron chi connectivity index (χ2n) is 10.9. The van der Waals surface area contributed by atoms with Gasteiger partial charge in [0.2, 0.25) is 11.8 Å². The molecule has 0 unspecified atom stereocenters. The summed E-state index contributed by atoms with van der Waals surface area (Å²) in [6.07, 6.45) is 1.94. The highest BCUT2D eigenvalue weighted by atomic mass is 16.4. The lowest BCUT2D eigenvalue weighted by Crippen LogP contribution is -2.59. The number of rotatable bonds is 6. The van der Waals surface area contributed by atoms with Crippen LogP contribution in [0.25, 0.3) is 10.9 Å². The van der Waals surface area contributed by atoms with E-state index in [0.717, 1.165) is 27.7 Å². The summed E-state index contributed by atoms with van der Waals surface area (Å²) in [5.74, 6) is -2.24. The highest BCUT2D eigenvalue weighted by molar-refractivity contribution is 6.04. The topological polar surface area (TPSA) is 123 Å². The number of H-pyrrole nitrogens is 1. The predicted octanol–water partition coefficient (Wildman–Crippen LogP) is 3.24. The van der Waals surface area contributed by atoms with Crippen LogP contribution in [0.5, 0.6) is 0 Å². The number of aromatic amines is 1. The van der Waals surface area contributed by atoms with Crippen LogP contribution in [0.1, 0.15) is 66.3 Å². The van der Waals surface area contributed by atoms with Gasteiger partial charge in [-0.05, 0) is 42.0 Å². The molecule has 3 aliphatic rings. The van der Waals surface area contributed by atoms with Gasteiger partial charge in [0.1, 0.15) is 18.1 Å². The number of carbonyl (C=O) groups is 4. The Morgan fingerprint density at radius 2 is 1.85 bits per heavy atom. The number of aliphatic carboxylic acids is 1. The second-order valence-corrected chi connectivity index (χ2v) is 10.9. The molecule has 0 saturated carbocycles. The lowest BCUT2D eigenvalue weighted by molar-refractivity contribution is -0.150. The van der Waals surface area contributed by atoms with Crippen LogP contribution in [-0.2, 0) is 20.8 Å². The third kappa shape index (κ3) is 3.90. The van der Waals surface area contributed by atoms with Crippen LogP contribution in [0, 0.1) is 5.92 Å². The number of aromatic nitrogens is 1. The van der Waals surface area contributed by atoms with Crippen molar-refractivity contribution in [1.29, 1.82) is 0 Å². The smallest absolute Gasteiger partial charge is 0.326 e. The Kier molecular flexibility index (Phi) is 6.16. The SMILES string of the molecule is CC[C@H](C)[C@H](NC(=O)[C@@H]1Cc2c([nH]c3ccccc23)[C@@H]2c3ccccc3C(=O)N21)C(=O)N1CCC[C@@H]1C(=O)O. The maximum Gasteiger partial charge on any atom is 0.326 e. The first-order valence-electron chi connectivity index (χ1n) is 13.7. The monoisotopic (exact) mass is 528 g/mol. The van der Waals surface area contributed by atoms with E-state index in [0.29, 0.717) is 37.8 Å². The van der Waals surface area contributed by atoms with E-state index in [2.05, 4.69) is 10.3 Å². The molecule has 0 radical (unpaired) electrons. The fraction of sp³-hybridized carbons (Fsp3) is 0.400. The van der Waals surface area contributed by atoms with Crippen molar-refractivity contribution in [2.45, 2.75) is 63.7 Å². The van der Waals surface area contributed by atoms with Gasteiger partial charge in [0, 0.05) is 35.1 Å². The van der Waals surface area contributed by atoms with Crippen LogP contribution >= 0.6 is 0 Å². The molecule has 4 heterocycles. The number of amides is 3. The Morgan fingerprint density at radius 1 is 1.10 bits per heavy atom. The zero-order valence-corrected chi connectivity index (χ0v) is 22.0. The van der Waals surface area contributed by atoms with Crippen LogP contribution in [0.2, 0.25) is 0 Å². The van der Waals surface area contributed by atoms with E-state index in [1.165, 1.54) is 4.90 Å². The summed E-state index contributed by atoms with van der Waals surface area (Å²) in [4.78, 5) is 59.7. The number of likely N-dealkylation sites (tertiary alicyclic amines) is 1. The molecule has 3 aromatic rings. The van der Waals surface area contributed by atoms with Crippen LogP contribution in [0.15, 0.2) is 48.5 Å². The van der Waals surface area contributed by atoms with Crippen molar-refractivity contribution in [1.82, 2.24) is 20.1 Å². The normalized spacial score (nSPS) is 23.2. The number of carbonyl (C=O) groups excluding carboxylic acids is 3. The molecule has 9 nitrogen and oxygen atoms in total. The third-order valence-corrected chi connectivity index (χ3v) is 8.75. The number of nitrogens with zero attached hydrogens (tertiary/aromatic N) is 2. The van der Waals surface area contributed by atoms with E-state index < -0.39 is 36.0 Å². The summed E-state index contributed by atoms with van der Waals surface area (Å²) in [6.45, 7) is 4.17. The summed E-state index contributed by atoms with van der Waals surface area (Å²) in [5, 5.41) is 13.6. The van der Waals surface area contributed by atoms with Crippen molar-refractivity contribution < 1.29 is 24.3 Å². The van der Waals surface area contributed by atoms with Gasteiger partial charge in [-0.25, -0.2) is 4.79 Å². The first-order valence-corrected chi connectivity index (χ1v) is 13.7. The highest BCUT2D eigenvalue weighted by Gasteiger charge is 2.50. The third-order valence-electron chi connectivity index (χ3n) is 8.75. The van der Waals surface area contributed by atoms with Gasteiger partial charge in [-0.15, -0.1) is 0 Å². The van der Waals surface area contributed by atoms with Gasteiger partial charge in [0.25, 0.3) is 5.91 Å². The van der Waals surface area contributed by atoms with E-state index in [-0.39, 0.29) is 17.7 Å². The van der Waals surface area contributed by atoms with Crippen LogP contribution in [0.4, 0.5) is 0 Å². The fourth-order valence-electron chi connectivity index (χ4n) is 6.54. The minimum atomic E-state index is -1.03. The largest absolute Gasteiger partial charge is 0.480 e. The Labute approximate surface area is 226 Å². The molecule has 2 aromatic carbocycles. The van der Waals surface area contributed by atoms with E-state index in [1.54, 1.807) is 11.0 Å². The van der Waals surface area contributed by atoms with E-state index in [9.17, 15) is 24.3 Å². The van der Waals surface area contributed by atoms with Gasteiger partial charge in [-0.1, -0.05) is 56.7 Å². The average Bonchev–Trinajstić information content (AvgIpc) is 3.65. The molecule has 202 valence electrons. The van der Waals surface area contributed by atoms with Crippen LogP contribution < -0.4 is 5.32 Å². The number of hydrogen-bond acceptors (Lipinski definition) is 4. The molecule has 3 aliphatic heterocycles. The van der Waals surface area contributed by atoms with Crippen molar-refractivity contribution in [3.05, 3.63) is 70.9 Å². The summed E-state index contributed by atoms with van der Waals surface area (Å²) in [6, 6.07) is 12.3. The Balaban J connectivity index is 1.37. The van der Waals surface area contributed by atoms with Crippen molar-refractivity contribution in [3.8, 4) is 0 Å². The molecule has 0 aliphatic carbocycles. The molecular weight excluding hydrogens is 496 g/mol. The van der Waals surface area contributed by atoms with Crippen molar-refractivity contribution in [3.63, 3.8) is 0 Å². The van der Waals surface area contributed by atoms with Crippen molar-refractivity contribution in [2.24, 2.45) is 5.92 Å².